The van der Waals surface area contributed by atoms with Crippen molar-refractivity contribution in [3.05, 3.63) is 50.4 Å². The fourth-order valence-corrected chi connectivity index (χ4v) is 2.77. The van der Waals surface area contributed by atoms with Crippen LogP contribution in [0.1, 0.15) is 0 Å². The molecule has 0 saturated carbocycles. The third-order valence-corrected chi connectivity index (χ3v) is 4.75. The lowest BCUT2D eigenvalue weighted by Gasteiger charge is -2.08. The van der Waals surface area contributed by atoms with Crippen LogP contribution in [0.3, 0.4) is 0 Å². The van der Waals surface area contributed by atoms with Crippen molar-refractivity contribution in [2.24, 2.45) is 0 Å². The Hall–Kier alpha value is -1.44. The number of hydrogen-bond acceptors (Lipinski definition) is 4. The number of halogens is 3. The summed E-state index contributed by atoms with van der Waals surface area (Å²) in [5.74, 6) is 0.586. The zero-order valence-corrected chi connectivity index (χ0v) is 14.4. The maximum atomic E-state index is 6.01. The summed E-state index contributed by atoms with van der Waals surface area (Å²) in [7, 11) is 0. The number of aromatic nitrogens is 4. The minimum absolute atomic E-state index is 0.586. The highest BCUT2D eigenvalue weighted by atomic mass is 79.9. The van der Waals surface area contributed by atoms with Crippen molar-refractivity contribution < 1.29 is 0 Å². The van der Waals surface area contributed by atoms with Crippen molar-refractivity contribution in [2.75, 3.05) is 5.73 Å². The number of nitrogens with two attached hydrogens (primary N) is 1. The zero-order chi connectivity index (χ0) is 15.0. The van der Waals surface area contributed by atoms with Gasteiger partial charge in [-0.3, -0.25) is 0 Å². The highest BCUT2D eigenvalue weighted by Gasteiger charge is 2.14. The fraction of sp³-hybridized carbons (Fsp3) is 0. The van der Waals surface area contributed by atoms with Gasteiger partial charge in [0.15, 0.2) is 5.82 Å². The van der Waals surface area contributed by atoms with E-state index in [1.54, 1.807) is 16.8 Å². The van der Waals surface area contributed by atoms with Crippen molar-refractivity contribution in [2.45, 2.75) is 0 Å². The predicted octanol–water partition coefficient (Wildman–Crippen LogP) is 4.09. The van der Waals surface area contributed by atoms with E-state index in [9.17, 15) is 0 Å². The number of anilines is 1. The molecule has 1 aromatic heterocycles. The second-order valence-electron chi connectivity index (χ2n) is 4.25. The lowest BCUT2D eigenvalue weighted by molar-refractivity contribution is 0.791. The quantitative estimate of drug-likeness (QED) is 0.623. The first-order chi connectivity index (χ1) is 10.1. The molecule has 2 aromatic carbocycles. The van der Waals surface area contributed by atoms with E-state index in [2.05, 4.69) is 47.4 Å². The van der Waals surface area contributed by atoms with Crippen LogP contribution in [0.4, 0.5) is 5.69 Å². The molecule has 0 spiro atoms. The van der Waals surface area contributed by atoms with Gasteiger partial charge in [-0.1, -0.05) is 27.5 Å². The summed E-state index contributed by atoms with van der Waals surface area (Å²) in [6, 6.07) is 11.0. The lowest BCUT2D eigenvalue weighted by Crippen LogP contribution is -2.01. The Bertz CT molecular complexity index is 818. The van der Waals surface area contributed by atoms with E-state index in [1.165, 1.54) is 0 Å². The number of nitrogens with zero attached hydrogens (tertiary/aromatic N) is 4. The molecule has 3 rings (SSSR count). The smallest absolute Gasteiger partial charge is 0.188 e. The zero-order valence-electron chi connectivity index (χ0n) is 10.5. The van der Waals surface area contributed by atoms with Gasteiger partial charge in [-0.25, -0.2) is 0 Å². The second-order valence-corrected chi connectivity index (χ2v) is 6.37. The van der Waals surface area contributed by atoms with Gasteiger partial charge < -0.3 is 5.73 Å². The fourth-order valence-electron chi connectivity index (χ4n) is 1.86. The van der Waals surface area contributed by atoms with Gasteiger partial charge >= 0.3 is 0 Å². The Balaban J connectivity index is 2.17. The van der Waals surface area contributed by atoms with E-state index in [0.29, 0.717) is 16.5 Å². The molecule has 21 heavy (non-hydrogen) atoms. The van der Waals surface area contributed by atoms with Gasteiger partial charge in [0, 0.05) is 20.2 Å². The molecule has 106 valence electrons. The van der Waals surface area contributed by atoms with Crippen LogP contribution in [-0.4, -0.2) is 20.2 Å². The highest BCUT2D eigenvalue weighted by molar-refractivity contribution is 9.11. The molecule has 0 bridgehead atoms. The maximum Gasteiger partial charge on any atom is 0.188 e. The number of hydrogen-bond donors (Lipinski definition) is 1. The van der Waals surface area contributed by atoms with Gasteiger partial charge in [-0.2, -0.15) is 4.68 Å². The van der Waals surface area contributed by atoms with E-state index in [0.717, 1.165) is 20.2 Å². The SMILES string of the molecule is Nc1ccc(Br)c(-c2nnnn2-c2ccc(Cl)c(Br)c2)c1. The van der Waals surface area contributed by atoms with Gasteiger partial charge in [0.2, 0.25) is 0 Å². The number of tetrazole rings is 1. The summed E-state index contributed by atoms with van der Waals surface area (Å²) in [4.78, 5) is 0. The van der Waals surface area contributed by atoms with E-state index in [1.807, 2.05) is 24.3 Å². The molecule has 8 heteroatoms. The third-order valence-electron chi connectivity index (χ3n) is 2.85. The Morgan fingerprint density at radius 1 is 1.05 bits per heavy atom. The monoisotopic (exact) mass is 427 g/mol. The van der Waals surface area contributed by atoms with Crippen LogP contribution in [0.5, 0.6) is 0 Å². The predicted molar refractivity (Wildman–Crippen MR) is 89.4 cm³/mol. The molecule has 0 aliphatic heterocycles. The summed E-state index contributed by atoms with van der Waals surface area (Å²) < 4.78 is 3.26. The van der Waals surface area contributed by atoms with E-state index in [4.69, 9.17) is 17.3 Å². The molecular weight excluding hydrogens is 421 g/mol. The van der Waals surface area contributed by atoms with Gasteiger partial charge in [-0.05, 0) is 62.8 Å². The molecule has 2 N–H and O–H groups in total. The van der Waals surface area contributed by atoms with E-state index >= 15 is 0 Å². The number of benzene rings is 2. The molecule has 5 nitrogen and oxygen atoms in total. The molecule has 1 heterocycles. The largest absolute Gasteiger partial charge is 0.399 e. The first kappa shape index (κ1) is 14.5. The van der Waals surface area contributed by atoms with Gasteiger partial charge in [0.1, 0.15) is 0 Å². The summed E-state index contributed by atoms with van der Waals surface area (Å²) in [6.45, 7) is 0. The molecule has 0 radical (unpaired) electrons. The van der Waals surface area contributed by atoms with Crippen LogP contribution in [0.25, 0.3) is 17.1 Å². The normalized spacial score (nSPS) is 10.8. The van der Waals surface area contributed by atoms with E-state index in [-0.39, 0.29) is 0 Å². The first-order valence-corrected chi connectivity index (χ1v) is 7.82. The van der Waals surface area contributed by atoms with Crippen molar-refractivity contribution in [1.82, 2.24) is 20.2 Å². The summed E-state index contributed by atoms with van der Waals surface area (Å²) in [5.41, 5.74) is 8.09. The van der Waals surface area contributed by atoms with Crippen molar-refractivity contribution in [1.29, 1.82) is 0 Å². The van der Waals surface area contributed by atoms with Crippen LogP contribution < -0.4 is 5.73 Å². The van der Waals surface area contributed by atoms with Crippen LogP contribution in [0.2, 0.25) is 5.02 Å². The van der Waals surface area contributed by atoms with Gasteiger partial charge in [0.25, 0.3) is 0 Å². The Labute approximate surface area is 142 Å². The lowest BCUT2D eigenvalue weighted by atomic mass is 10.2. The Morgan fingerprint density at radius 2 is 1.86 bits per heavy atom. The third kappa shape index (κ3) is 2.81. The molecule has 0 unspecified atom stereocenters. The minimum atomic E-state index is 0.586. The Morgan fingerprint density at radius 3 is 2.62 bits per heavy atom. The average Bonchev–Trinajstić information content (AvgIpc) is 2.93. The molecule has 0 aliphatic carbocycles. The van der Waals surface area contributed by atoms with E-state index < -0.39 is 0 Å². The molecular formula is C13H8Br2ClN5. The van der Waals surface area contributed by atoms with Crippen LogP contribution in [0, 0.1) is 0 Å². The molecule has 0 aliphatic rings. The maximum absolute atomic E-state index is 6.01. The summed E-state index contributed by atoms with van der Waals surface area (Å²) in [5, 5.41) is 12.5. The number of nitrogen functional groups attached to an aromatic ring is 1. The topological polar surface area (TPSA) is 69.6 Å². The average molecular weight is 430 g/mol. The first-order valence-electron chi connectivity index (χ1n) is 5.85. The van der Waals surface area contributed by atoms with Gasteiger partial charge in [0.05, 0.1) is 10.7 Å². The molecule has 0 saturated heterocycles. The van der Waals surface area contributed by atoms with Crippen molar-refractivity contribution in [3.63, 3.8) is 0 Å². The summed E-state index contributed by atoms with van der Waals surface area (Å²) >= 11 is 12.9. The van der Waals surface area contributed by atoms with Gasteiger partial charge in [-0.15, -0.1) is 5.10 Å². The molecule has 3 aromatic rings. The highest BCUT2D eigenvalue weighted by Crippen LogP contribution is 2.31. The van der Waals surface area contributed by atoms with Crippen LogP contribution >= 0.6 is 43.5 Å². The van der Waals surface area contributed by atoms with Crippen molar-refractivity contribution >= 4 is 49.1 Å². The van der Waals surface area contributed by atoms with Crippen LogP contribution in [0.15, 0.2) is 45.3 Å². The number of rotatable bonds is 2. The second kappa shape index (κ2) is 5.75. The standard InChI is InChI=1S/C13H8Br2ClN5/c14-10-3-1-7(17)5-9(10)13-18-19-20-21(13)8-2-4-12(16)11(15)6-8/h1-6H,17H2. The minimum Gasteiger partial charge on any atom is -0.399 e. The van der Waals surface area contributed by atoms with Crippen LogP contribution in [-0.2, 0) is 0 Å². The molecule has 0 fully saturated rings. The van der Waals surface area contributed by atoms with Crippen molar-refractivity contribution in [3.8, 4) is 17.1 Å². The summed E-state index contributed by atoms with van der Waals surface area (Å²) in [6.07, 6.45) is 0. The molecule has 0 atom stereocenters. The Kier molecular flexibility index (Phi) is 3.97. The molecule has 0 amide bonds.